The lowest BCUT2D eigenvalue weighted by molar-refractivity contribution is 0.0922. The number of hydrogen-bond acceptors (Lipinski definition) is 2. The monoisotopic (exact) mass is 258 g/mol. The van der Waals surface area contributed by atoms with Crippen molar-refractivity contribution >= 4 is 5.78 Å². The molecule has 1 unspecified atom stereocenters. The molecule has 0 radical (unpaired) electrons. The van der Waals surface area contributed by atoms with Gasteiger partial charge in [-0.2, -0.15) is 0 Å². The number of unbranched alkanes of at least 4 members (excludes halogenated alkanes) is 1. The quantitative estimate of drug-likeness (QED) is 0.423. The van der Waals surface area contributed by atoms with E-state index < -0.39 is 0 Å². The van der Waals surface area contributed by atoms with E-state index in [2.05, 4.69) is 18.7 Å². The van der Waals surface area contributed by atoms with Crippen molar-refractivity contribution in [3.8, 4) is 5.75 Å². The molecule has 0 saturated carbocycles. The highest BCUT2D eigenvalue weighted by Gasteiger charge is 2.17. The Hall–Kier alpha value is -1.83. The van der Waals surface area contributed by atoms with Crippen LogP contribution in [0.4, 0.5) is 0 Å². The van der Waals surface area contributed by atoms with Crippen LogP contribution in [0.3, 0.4) is 0 Å². The fourth-order valence-corrected chi connectivity index (χ4v) is 1.87. The van der Waals surface area contributed by atoms with Gasteiger partial charge in [-0.15, -0.1) is 6.58 Å². The molecule has 0 spiro atoms. The SMILES string of the molecule is C=CCC/C=C/CCC(C)C(=O)c1ccccc1O. The smallest absolute Gasteiger partial charge is 0.169 e. The van der Waals surface area contributed by atoms with Crippen LogP contribution in [-0.4, -0.2) is 10.9 Å². The summed E-state index contributed by atoms with van der Waals surface area (Å²) in [5.41, 5.74) is 0.422. The van der Waals surface area contributed by atoms with Gasteiger partial charge in [-0.25, -0.2) is 0 Å². The first kappa shape index (κ1) is 15.2. The highest BCUT2D eigenvalue weighted by molar-refractivity contribution is 5.99. The number of benzene rings is 1. The number of aromatic hydroxyl groups is 1. The maximum atomic E-state index is 12.1. The molecule has 0 saturated heterocycles. The Morgan fingerprint density at radius 3 is 2.63 bits per heavy atom. The van der Waals surface area contributed by atoms with Crippen molar-refractivity contribution < 1.29 is 9.90 Å². The van der Waals surface area contributed by atoms with E-state index in [1.54, 1.807) is 24.3 Å². The standard InChI is InChI=1S/C17H22O2/c1-3-4-5-6-7-8-11-14(2)17(19)15-12-9-10-13-16(15)18/h3,6-7,9-10,12-14,18H,1,4-5,8,11H2,2H3/b7-6+. The van der Waals surface area contributed by atoms with E-state index in [1.165, 1.54) is 0 Å². The summed E-state index contributed by atoms with van der Waals surface area (Å²) < 4.78 is 0. The molecule has 0 aromatic heterocycles. The molecule has 1 atom stereocenters. The molecule has 0 aliphatic heterocycles. The molecule has 0 amide bonds. The maximum absolute atomic E-state index is 12.1. The summed E-state index contributed by atoms with van der Waals surface area (Å²) in [5, 5.41) is 9.65. The summed E-state index contributed by atoms with van der Waals surface area (Å²) in [7, 11) is 0. The van der Waals surface area contributed by atoms with Crippen molar-refractivity contribution in [2.75, 3.05) is 0 Å². The second kappa shape index (κ2) is 8.30. The third kappa shape index (κ3) is 5.12. The number of phenolic OH excluding ortho intramolecular Hbond substituents is 1. The molecule has 2 nitrogen and oxygen atoms in total. The minimum absolute atomic E-state index is 0.0117. The fourth-order valence-electron chi connectivity index (χ4n) is 1.87. The topological polar surface area (TPSA) is 37.3 Å². The second-order valence-corrected chi connectivity index (χ2v) is 4.70. The van der Waals surface area contributed by atoms with Gasteiger partial charge in [0.25, 0.3) is 0 Å². The Bertz CT molecular complexity index is 446. The van der Waals surface area contributed by atoms with Crippen LogP contribution in [-0.2, 0) is 0 Å². The lowest BCUT2D eigenvalue weighted by atomic mass is 9.94. The largest absolute Gasteiger partial charge is 0.507 e. The van der Waals surface area contributed by atoms with Crippen molar-refractivity contribution in [2.45, 2.75) is 32.6 Å². The summed E-state index contributed by atoms with van der Waals surface area (Å²) in [6.07, 6.45) is 9.81. The first-order chi connectivity index (χ1) is 9.16. The molecule has 0 heterocycles. The predicted octanol–water partition coefficient (Wildman–Crippen LogP) is 4.51. The zero-order valence-corrected chi connectivity index (χ0v) is 11.5. The molecule has 1 aromatic rings. The van der Waals surface area contributed by atoms with Crippen molar-refractivity contribution in [1.82, 2.24) is 0 Å². The minimum atomic E-state index is -0.0719. The van der Waals surface area contributed by atoms with Gasteiger partial charge >= 0.3 is 0 Å². The number of hydrogen-bond donors (Lipinski definition) is 1. The van der Waals surface area contributed by atoms with Crippen LogP contribution in [0.15, 0.2) is 49.1 Å². The molecule has 1 rings (SSSR count). The van der Waals surface area contributed by atoms with Crippen LogP contribution in [0, 0.1) is 5.92 Å². The zero-order chi connectivity index (χ0) is 14.1. The Morgan fingerprint density at radius 2 is 1.95 bits per heavy atom. The number of Topliss-reactive ketones (excluding diaryl/α,β-unsaturated/α-hetero) is 1. The van der Waals surface area contributed by atoms with E-state index in [0.717, 1.165) is 25.7 Å². The zero-order valence-electron chi connectivity index (χ0n) is 11.5. The third-order valence-electron chi connectivity index (χ3n) is 3.09. The molecule has 19 heavy (non-hydrogen) atoms. The Labute approximate surface area is 115 Å². The summed E-state index contributed by atoms with van der Waals surface area (Å²) >= 11 is 0. The maximum Gasteiger partial charge on any atom is 0.169 e. The van der Waals surface area contributed by atoms with Crippen molar-refractivity contribution in [3.63, 3.8) is 0 Å². The number of carbonyl (C=O) groups is 1. The summed E-state index contributed by atoms with van der Waals surface area (Å²) in [4.78, 5) is 12.1. The molecule has 0 aliphatic carbocycles. The van der Waals surface area contributed by atoms with Crippen LogP contribution in [0.1, 0.15) is 43.0 Å². The van der Waals surface area contributed by atoms with Gasteiger partial charge in [0.2, 0.25) is 0 Å². The molecular formula is C17H22O2. The molecular weight excluding hydrogens is 236 g/mol. The lowest BCUT2D eigenvalue weighted by Gasteiger charge is -2.10. The number of carbonyl (C=O) groups excluding carboxylic acids is 1. The van der Waals surface area contributed by atoms with Crippen LogP contribution in [0.2, 0.25) is 0 Å². The van der Waals surface area contributed by atoms with Gasteiger partial charge in [0.05, 0.1) is 5.56 Å². The van der Waals surface area contributed by atoms with Gasteiger partial charge in [-0.05, 0) is 37.8 Å². The first-order valence-corrected chi connectivity index (χ1v) is 6.75. The Morgan fingerprint density at radius 1 is 1.26 bits per heavy atom. The van der Waals surface area contributed by atoms with Gasteiger partial charge < -0.3 is 5.11 Å². The second-order valence-electron chi connectivity index (χ2n) is 4.70. The van der Waals surface area contributed by atoms with E-state index >= 15 is 0 Å². The molecule has 0 aliphatic rings. The van der Waals surface area contributed by atoms with Crippen molar-refractivity contribution in [1.29, 1.82) is 0 Å². The van der Waals surface area contributed by atoms with Crippen molar-refractivity contribution in [2.24, 2.45) is 5.92 Å². The van der Waals surface area contributed by atoms with Crippen LogP contribution in [0.25, 0.3) is 0 Å². The minimum Gasteiger partial charge on any atom is -0.507 e. The molecule has 0 fully saturated rings. The molecule has 0 bridgehead atoms. The number of rotatable bonds is 8. The van der Waals surface area contributed by atoms with E-state index in [-0.39, 0.29) is 17.5 Å². The van der Waals surface area contributed by atoms with Crippen LogP contribution in [0.5, 0.6) is 5.75 Å². The predicted molar refractivity (Wildman–Crippen MR) is 79.4 cm³/mol. The van der Waals surface area contributed by atoms with Crippen LogP contribution < -0.4 is 0 Å². The summed E-state index contributed by atoms with van der Waals surface area (Å²) in [5.74, 6) is 0.0100. The van der Waals surface area contributed by atoms with Gasteiger partial charge in [0, 0.05) is 5.92 Å². The molecule has 1 N–H and O–H groups in total. The van der Waals surface area contributed by atoms with Crippen LogP contribution >= 0.6 is 0 Å². The van der Waals surface area contributed by atoms with Gasteiger partial charge in [-0.3, -0.25) is 4.79 Å². The number of ketones is 1. The lowest BCUT2D eigenvalue weighted by Crippen LogP contribution is -2.11. The van der Waals surface area contributed by atoms with Gasteiger partial charge in [0.15, 0.2) is 5.78 Å². The van der Waals surface area contributed by atoms with E-state index in [1.807, 2.05) is 13.0 Å². The molecule has 1 aromatic carbocycles. The summed E-state index contributed by atoms with van der Waals surface area (Å²) in [6, 6.07) is 6.72. The van der Waals surface area contributed by atoms with Crippen molar-refractivity contribution in [3.05, 3.63) is 54.6 Å². The Balaban J connectivity index is 2.43. The first-order valence-electron chi connectivity index (χ1n) is 6.75. The third-order valence-corrected chi connectivity index (χ3v) is 3.09. The number of allylic oxidation sites excluding steroid dienone is 3. The number of para-hydroxylation sites is 1. The normalized spacial score (nSPS) is 12.5. The summed E-state index contributed by atoms with van der Waals surface area (Å²) in [6.45, 7) is 5.58. The highest BCUT2D eigenvalue weighted by atomic mass is 16.3. The Kier molecular flexibility index (Phi) is 6.65. The average molecular weight is 258 g/mol. The highest BCUT2D eigenvalue weighted by Crippen LogP contribution is 2.21. The molecule has 2 heteroatoms. The van der Waals surface area contributed by atoms with E-state index in [0.29, 0.717) is 5.56 Å². The van der Waals surface area contributed by atoms with Gasteiger partial charge in [0.1, 0.15) is 5.75 Å². The average Bonchev–Trinajstić information content (AvgIpc) is 2.42. The fraction of sp³-hybridized carbons (Fsp3) is 0.353. The van der Waals surface area contributed by atoms with Gasteiger partial charge in [-0.1, -0.05) is 37.3 Å². The van der Waals surface area contributed by atoms with E-state index in [9.17, 15) is 9.90 Å². The molecule has 102 valence electrons. The number of phenols is 1. The van der Waals surface area contributed by atoms with E-state index in [4.69, 9.17) is 0 Å².